The average molecular weight is 744 g/mol. The van der Waals surface area contributed by atoms with Crippen LogP contribution in [0.1, 0.15) is 39.5 Å². The normalized spacial score (nSPS) is 23.1. The van der Waals surface area contributed by atoms with E-state index < -0.39 is 54.0 Å². The van der Waals surface area contributed by atoms with Gasteiger partial charge in [0.05, 0.1) is 5.41 Å². The Morgan fingerprint density at radius 2 is 1.16 bits per heavy atom. The zero-order chi connectivity index (χ0) is 36.3. The van der Waals surface area contributed by atoms with Gasteiger partial charge in [0, 0.05) is 27.8 Å². The quantitative estimate of drug-likeness (QED) is 0.163. The number of guanidine groups is 2. The zero-order valence-corrected chi connectivity index (χ0v) is 28.9. The number of benzene rings is 2. The van der Waals surface area contributed by atoms with E-state index in [9.17, 15) is 24.0 Å². The maximum Gasteiger partial charge on any atom is 0.326 e. The van der Waals surface area contributed by atoms with Crippen molar-refractivity contribution < 1.29 is 24.0 Å². The molecule has 0 bridgehead atoms. The molecule has 2 aromatic carbocycles. The molecule has 2 aromatic rings. The smallest absolute Gasteiger partial charge is 0.315 e. The molecule has 51 heavy (non-hydrogen) atoms. The van der Waals surface area contributed by atoms with Gasteiger partial charge in [-0.1, -0.05) is 43.0 Å². The van der Waals surface area contributed by atoms with Crippen molar-refractivity contribution in [2.45, 2.75) is 64.2 Å². The molecule has 6 rings (SSSR count). The van der Waals surface area contributed by atoms with Gasteiger partial charge in [0.2, 0.25) is 36.3 Å². The number of hydrogen-bond acceptors (Lipinski definition) is 13. The minimum atomic E-state index is -1.75. The van der Waals surface area contributed by atoms with E-state index in [2.05, 4.69) is 63.8 Å². The Hall–Kier alpha value is -5.37. The van der Waals surface area contributed by atoms with Crippen molar-refractivity contribution in [1.82, 2.24) is 53.0 Å². The summed E-state index contributed by atoms with van der Waals surface area (Å²) in [7, 11) is 0. The van der Waals surface area contributed by atoms with E-state index in [-0.39, 0.29) is 24.1 Å². The van der Waals surface area contributed by atoms with Crippen molar-refractivity contribution in [3.63, 3.8) is 0 Å². The second-order valence-corrected chi connectivity index (χ2v) is 13.0. The molecule has 4 aliphatic heterocycles. The Kier molecular flexibility index (Phi) is 10.3. The molecule has 21 heteroatoms. The lowest BCUT2D eigenvalue weighted by atomic mass is 9.69. The number of nitrogens with one attached hydrogen (secondary N) is 10. The van der Waals surface area contributed by atoms with Crippen LogP contribution in [-0.4, -0.2) is 76.3 Å². The standard InChI is InChI=1S/C30H36Cl2N14O5/c1-3-4-5-6-19(47)30(2,20-22(48)35-24-39-41-26(45(24)43-20)37-28(50)33-17-11-7-15(31)8-12-17)21-23(49)36-25-40-42-27(46(25)44-21)38-29(51)34-18-13-9-16(32)10-14-18/h7-14,20-21,24-25,39-40,43-44H,3-6H2,1-2H3,(H,35,48)(H,36,49)(H2,33,37,41,50)(H2,34,38,42,51). The average Bonchev–Trinajstić information content (AvgIpc) is 3.67. The SMILES string of the molecule is CCCCCC(=O)C(C)(C1NN2C(NC(=O)Nc3ccc(Cl)cc3)=NNC2NC1=O)C1NN2C(NC(=O)Nc3ccc(Cl)cc3)=NNC2NC1=O. The summed E-state index contributed by atoms with van der Waals surface area (Å²) in [5, 5.41) is 28.0. The van der Waals surface area contributed by atoms with Gasteiger partial charge in [-0.2, -0.15) is 0 Å². The van der Waals surface area contributed by atoms with E-state index in [4.69, 9.17) is 23.2 Å². The van der Waals surface area contributed by atoms with Crippen LogP contribution in [-0.2, 0) is 14.4 Å². The highest BCUT2D eigenvalue weighted by molar-refractivity contribution is 6.31. The number of anilines is 2. The number of carbonyl (C=O) groups excluding carboxylic acids is 5. The summed E-state index contributed by atoms with van der Waals surface area (Å²) in [6, 6.07) is 8.92. The first-order valence-electron chi connectivity index (χ1n) is 16.0. The predicted octanol–water partition coefficient (Wildman–Crippen LogP) is 1.02. The lowest BCUT2D eigenvalue weighted by molar-refractivity contribution is -0.154. The van der Waals surface area contributed by atoms with Gasteiger partial charge in [-0.3, -0.25) is 35.9 Å². The first kappa shape index (κ1) is 35.5. The van der Waals surface area contributed by atoms with Crippen molar-refractivity contribution in [2.24, 2.45) is 15.6 Å². The molecule has 0 aromatic heterocycles. The maximum absolute atomic E-state index is 14.2. The third-order valence-corrected chi connectivity index (χ3v) is 9.14. The molecule has 4 aliphatic rings. The maximum atomic E-state index is 14.2. The number of hydrazine groups is 2. The minimum Gasteiger partial charge on any atom is -0.315 e. The van der Waals surface area contributed by atoms with Crippen LogP contribution in [0.25, 0.3) is 0 Å². The molecule has 4 atom stereocenters. The van der Waals surface area contributed by atoms with Crippen LogP contribution < -0.4 is 53.6 Å². The van der Waals surface area contributed by atoms with E-state index in [1.807, 2.05) is 6.92 Å². The molecule has 4 unspecified atom stereocenters. The highest BCUT2D eigenvalue weighted by atomic mass is 35.5. The van der Waals surface area contributed by atoms with Gasteiger partial charge in [0.15, 0.2) is 0 Å². The Labute approximate surface area is 301 Å². The molecule has 4 heterocycles. The predicted molar refractivity (Wildman–Crippen MR) is 187 cm³/mol. The fourth-order valence-electron chi connectivity index (χ4n) is 5.89. The van der Waals surface area contributed by atoms with Gasteiger partial charge in [0.1, 0.15) is 17.9 Å². The van der Waals surface area contributed by atoms with Crippen molar-refractivity contribution in [3.8, 4) is 0 Å². The summed E-state index contributed by atoms with van der Waals surface area (Å²) >= 11 is 11.9. The number of fused-ring (bicyclic) bond motifs is 2. The summed E-state index contributed by atoms with van der Waals surface area (Å²) < 4.78 is 0. The van der Waals surface area contributed by atoms with Gasteiger partial charge < -0.3 is 21.3 Å². The molecule has 10 N–H and O–H groups in total. The van der Waals surface area contributed by atoms with Crippen molar-refractivity contribution >= 4 is 76.2 Å². The lowest BCUT2D eigenvalue weighted by Gasteiger charge is -2.49. The van der Waals surface area contributed by atoms with Gasteiger partial charge in [0.25, 0.3) is 0 Å². The van der Waals surface area contributed by atoms with Crippen LogP contribution >= 0.6 is 23.2 Å². The number of hydrazone groups is 2. The molecular weight excluding hydrogens is 707 g/mol. The third-order valence-electron chi connectivity index (χ3n) is 8.64. The van der Waals surface area contributed by atoms with Crippen LogP contribution in [0.4, 0.5) is 21.0 Å². The van der Waals surface area contributed by atoms with Gasteiger partial charge >= 0.3 is 12.1 Å². The molecule has 0 spiro atoms. The van der Waals surface area contributed by atoms with E-state index in [0.29, 0.717) is 27.8 Å². The molecule has 6 amide bonds. The van der Waals surface area contributed by atoms with E-state index in [1.165, 1.54) is 16.9 Å². The number of amides is 6. The summed E-state index contributed by atoms with van der Waals surface area (Å²) in [4.78, 5) is 67.5. The van der Waals surface area contributed by atoms with Gasteiger partial charge in [-0.15, -0.1) is 10.2 Å². The molecule has 0 saturated carbocycles. The Bertz CT molecular complexity index is 1640. The fourth-order valence-corrected chi connectivity index (χ4v) is 6.14. The van der Waals surface area contributed by atoms with E-state index in [0.717, 1.165) is 12.8 Å². The Balaban J connectivity index is 1.21. The van der Waals surface area contributed by atoms with Crippen molar-refractivity contribution in [1.29, 1.82) is 0 Å². The number of ketones is 1. The second-order valence-electron chi connectivity index (χ2n) is 12.2. The van der Waals surface area contributed by atoms with Crippen LogP contribution in [0.15, 0.2) is 58.7 Å². The summed E-state index contributed by atoms with van der Waals surface area (Å²) in [6.45, 7) is 3.50. The topological polar surface area (TPSA) is 237 Å². The zero-order valence-electron chi connectivity index (χ0n) is 27.3. The lowest BCUT2D eigenvalue weighted by Crippen LogP contribution is -2.80. The highest BCUT2D eigenvalue weighted by Crippen LogP contribution is 2.34. The highest BCUT2D eigenvalue weighted by Gasteiger charge is 2.59. The number of hydrogen-bond donors (Lipinski definition) is 10. The molecule has 270 valence electrons. The van der Waals surface area contributed by atoms with Crippen LogP contribution in [0.5, 0.6) is 0 Å². The molecular formula is C30H36Cl2N14O5. The number of Topliss-reactive ketones (excluding diaryl/α,β-unsaturated/α-hetero) is 1. The third kappa shape index (κ3) is 7.55. The van der Waals surface area contributed by atoms with Gasteiger partial charge in [-0.05, 0) is 61.9 Å². The van der Waals surface area contributed by atoms with Crippen molar-refractivity contribution in [3.05, 3.63) is 58.6 Å². The van der Waals surface area contributed by atoms with E-state index >= 15 is 0 Å². The largest absolute Gasteiger partial charge is 0.326 e. The molecule has 0 aliphatic carbocycles. The van der Waals surface area contributed by atoms with Crippen LogP contribution in [0.2, 0.25) is 10.0 Å². The van der Waals surface area contributed by atoms with Crippen molar-refractivity contribution in [2.75, 3.05) is 10.6 Å². The molecule has 0 radical (unpaired) electrons. The fraction of sp³-hybridized carbons (Fsp3) is 0.367. The molecule has 19 nitrogen and oxygen atoms in total. The number of nitrogens with zero attached hydrogens (tertiary/aromatic N) is 4. The monoisotopic (exact) mass is 742 g/mol. The Morgan fingerprint density at radius 1 is 0.725 bits per heavy atom. The number of unbranched alkanes of at least 4 members (excludes halogenated alkanes) is 2. The Morgan fingerprint density at radius 3 is 1.57 bits per heavy atom. The second kappa shape index (κ2) is 14.9. The first-order valence-corrected chi connectivity index (χ1v) is 16.8. The summed E-state index contributed by atoms with van der Waals surface area (Å²) in [5.74, 6) is -1.64. The van der Waals surface area contributed by atoms with Crippen LogP contribution in [0, 0.1) is 5.41 Å². The van der Waals surface area contributed by atoms with E-state index in [1.54, 1.807) is 48.5 Å². The van der Waals surface area contributed by atoms with Gasteiger partial charge in [-0.25, -0.2) is 30.5 Å². The number of carbonyl (C=O) groups is 5. The molecule has 2 saturated heterocycles. The summed E-state index contributed by atoms with van der Waals surface area (Å²) in [6.07, 6.45) is 0.315. The number of urea groups is 2. The van der Waals surface area contributed by atoms with Crippen LogP contribution in [0.3, 0.4) is 0 Å². The summed E-state index contributed by atoms with van der Waals surface area (Å²) in [5.41, 5.74) is 10.7. The molecule has 2 fully saturated rings. The number of rotatable bonds is 9. The minimum absolute atomic E-state index is 0.0209. The first-order chi connectivity index (χ1) is 24.5. The number of halogens is 2.